The van der Waals surface area contributed by atoms with Crippen molar-refractivity contribution < 1.29 is 0 Å². The van der Waals surface area contributed by atoms with Gasteiger partial charge < -0.3 is 16.5 Å². The van der Waals surface area contributed by atoms with Gasteiger partial charge in [0.2, 0.25) is 0 Å². The number of aromatic amines is 1. The highest BCUT2D eigenvalue weighted by Crippen LogP contribution is 2.41. The van der Waals surface area contributed by atoms with Gasteiger partial charge in [-0.25, -0.2) is 9.97 Å². The van der Waals surface area contributed by atoms with Crippen molar-refractivity contribution in [3.63, 3.8) is 0 Å². The van der Waals surface area contributed by atoms with E-state index in [1.165, 1.54) is 18.5 Å². The van der Waals surface area contributed by atoms with Gasteiger partial charge in [-0.05, 0) is 36.1 Å². The molecule has 136 valence electrons. The lowest BCUT2D eigenvalue weighted by molar-refractivity contribution is 0.575. The van der Waals surface area contributed by atoms with E-state index in [0.717, 1.165) is 32.7 Å². The standard InChI is InChI=1S/C21H21N5S/c22-19(20(23)15-7-8-16-17(9-15)25-11-24-16)13-3-5-14(6-4-13)21-26-18(10-27-21)12-1-2-12/h3-12,19-20H,1-2,22-23H2,(H,24,25). The van der Waals surface area contributed by atoms with Crippen LogP contribution in [0.2, 0.25) is 0 Å². The lowest BCUT2D eigenvalue weighted by atomic mass is 9.94. The Kier molecular flexibility index (Phi) is 4.04. The molecule has 1 aliphatic carbocycles. The molecular formula is C21H21N5S. The van der Waals surface area contributed by atoms with Gasteiger partial charge in [-0.1, -0.05) is 30.3 Å². The molecular weight excluding hydrogens is 354 g/mol. The summed E-state index contributed by atoms with van der Waals surface area (Å²) in [6.45, 7) is 0. The van der Waals surface area contributed by atoms with Crippen LogP contribution in [-0.4, -0.2) is 15.0 Å². The molecule has 1 saturated carbocycles. The predicted molar refractivity (Wildman–Crippen MR) is 109 cm³/mol. The summed E-state index contributed by atoms with van der Waals surface area (Å²) in [5.74, 6) is 0.688. The average molecular weight is 376 g/mol. The highest BCUT2D eigenvalue weighted by molar-refractivity contribution is 7.13. The van der Waals surface area contributed by atoms with E-state index < -0.39 is 0 Å². The summed E-state index contributed by atoms with van der Waals surface area (Å²) in [6.07, 6.45) is 4.24. The second kappa shape index (κ2) is 6.56. The van der Waals surface area contributed by atoms with Crippen molar-refractivity contribution in [1.82, 2.24) is 15.0 Å². The van der Waals surface area contributed by atoms with E-state index in [2.05, 4.69) is 39.6 Å². The molecule has 0 amide bonds. The number of nitrogens with one attached hydrogen (secondary N) is 1. The Hall–Kier alpha value is -2.54. The van der Waals surface area contributed by atoms with E-state index in [0.29, 0.717) is 5.92 Å². The third-order valence-electron chi connectivity index (χ3n) is 5.28. The number of H-pyrrole nitrogens is 1. The number of aromatic nitrogens is 3. The van der Waals surface area contributed by atoms with E-state index in [4.69, 9.17) is 16.5 Å². The fourth-order valence-electron chi connectivity index (χ4n) is 3.41. The molecule has 0 spiro atoms. The number of fused-ring (bicyclic) bond motifs is 1. The first kappa shape index (κ1) is 16.6. The Morgan fingerprint density at radius 2 is 1.74 bits per heavy atom. The summed E-state index contributed by atoms with van der Waals surface area (Å²) in [4.78, 5) is 12.1. The fraction of sp³-hybridized carbons (Fsp3) is 0.238. The second-order valence-electron chi connectivity index (χ2n) is 7.20. The van der Waals surface area contributed by atoms with Crippen LogP contribution in [0.1, 0.15) is 47.7 Å². The molecule has 6 heteroatoms. The number of imidazole rings is 1. The highest BCUT2D eigenvalue weighted by atomic mass is 32.1. The van der Waals surface area contributed by atoms with Crippen molar-refractivity contribution in [2.75, 3.05) is 0 Å². The van der Waals surface area contributed by atoms with Crippen molar-refractivity contribution in [1.29, 1.82) is 0 Å². The molecule has 2 aromatic carbocycles. The lowest BCUT2D eigenvalue weighted by Crippen LogP contribution is -2.26. The summed E-state index contributed by atoms with van der Waals surface area (Å²) in [6, 6.07) is 13.7. The first-order valence-electron chi connectivity index (χ1n) is 9.19. The SMILES string of the molecule is NC(c1ccc(-c2nc(C3CC3)cs2)cc1)C(N)c1ccc2nc[nH]c2c1. The van der Waals surface area contributed by atoms with E-state index >= 15 is 0 Å². The van der Waals surface area contributed by atoms with Crippen LogP contribution < -0.4 is 11.5 Å². The quantitative estimate of drug-likeness (QED) is 0.486. The van der Waals surface area contributed by atoms with Crippen LogP contribution >= 0.6 is 11.3 Å². The summed E-state index contributed by atoms with van der Waals surface area (Å²) in [7, 11) is 0. The number of rotatable bonds is 5. The Morgan fingerprint density at radius 1 is 1.00 bits per heavy atom. The highest BCUT2D eigenvalue weighted by Gasteiger charge is 2.26. The number of benzene rings is 2. The number of nitrogens with two attached hydrogens (primary N) is 2. The van der Waals surface area contributed by atoms with E-state index in [-0.39, 0.29) is 12.1 Å². The lowest BCUT2D eigenvalue weighted by Gasteiger charge is -2.21. The first-order valence-corrected chi connectivity index (χ1v) is 10.1. The Morgan fingerprint density at radius 3 is 2.52 bits per heavy atom. The van der Waals surface area contributed by atoms with Gasteiger partial charge in [-0.3, -0.25) is 0 Å². The number of hydrogen-bond acceptors (Lipinski definition) is 5. The van der Waals surface area contributed by atoms with E-state index in [1.54, 1.807) is 17.7 Å². The van der Waals surface area contributed by atoms with Gasteiger partial charge in [-0.15, -0.1) is 11.3 Å². The Bertz CT molecular complexity index is 1080. The molecule has 2 atom stereocenters. The topological polar surface area (TPSA) is 93.6 Å². The Balaban J connectivity index is 1.36. The van der Waals surface area contributed by atoms with Gasteiger partial charge in [0, 0.05) is 28.9 Å². The number of thiazole rings is 1. The molecule has 2 heterocycles. The van der Waals surface area contributed by atoms with Crippen molar-refractivity contribution in [2.24, 2.45) is 11.5 Å². The molecule has 0 radical (unpaired) electrons. The van der Waals surface area contributed by atoms with Crippen molar-refractivity contribution >= 4 is 22.4 Å². The van der Waals surface area contributed by atoms with Gasteiger partial charge in [0.25, 0.3) is 0 Å². The third-order valence-corrected chi connectivity index (χ3v) is 6.19. The zero-order valence-corrected chi connectivity index (χ0v) is 15.6. The monoisotopic (exact) mass is 375 g/mol. The molecule has 1 aliphatic rings. The molecule has 0 bridgehead atoms. The fourth-order valence-corrected chi connectivity index (χ4v) is 4.32. The largest absolute Gasteiger partial charge is 0.345 e. The molecule has 5 rings (SSSR count). The van der Waals surface area contributed by atoms with Crippen LogP contribution in [0.3, 0.4) is 0 Å². The van der Waals surface area contributed by atoms with Crippen molar-refractivity contribution in [3.05, 3.63) is 71.0 Å². The van der Waals surface area contributed by atoms with Crippen LogP contribution in [0.25, 0.3) is 21.6 Å². The molecule has 5 N–H and O–H groups in total. The van der Waals surface area contributed by atoms with Gasteiger partial charge in [0.05, 0.1) is 23.1 Å². The van der Waals surface area contributed by atoms with E-state index in [1.807, 2.05) is 18.2 Å². The molecule has 27 heavy (non-hydrogen) atoms. The van der Waals surface area contributed by atoms with Gasteiger partial charge in [-0.2, -0.15) is 0 Å². The number of nitrogens with zero attached hydrogens (tertiary/aromatic N) is 2. The maximum atomic E-state index is 6.47. The maximum absolute atomic E-state index is 6.47. The smallest absolute Gasteiger partial charge is 0.123 e. The molecule has 0 saturated heterocycles. The zero-order chi connectivity index (χ0) is 18.4. The van der Waals surface area contributed by atoms with Crippen LogP contribution in [0.4, 0.5) is 0 Å². The molecule has 1 fully saturated rings. The van der Waals surface area contributed by atoms with Crippen LogP contribution in [0, 0.1) is 0 Å². The van der Waals surface area contributed by atoms with Crippen molar-refractivity contribution in [2.45, 2.75) is 30.8 Å². The van der Waals surface area contributed by atoms with Gasteiger partial charge in [0.15, 0.2) is 0 Å². The minimum absolute atomic E-state index is 0.280. The minimum atomic E-state index is -0.287. The summed E-state index contributed by atoms with van der Waals surface area (Å²) < 4.78 is 0. The van der Waals surface area contributed by atoms with Crippen LogP contribution in [-0.2, 0) is 0 Å². The summed E-state index contributed by atoms with van der Waals surface area (Å²) >= 11 is 1.71. The molecule has 4 aromatic rings. The zero-order valence-electron chi connectivity index (χ0n) is 14.8. The average Bonchev–Trinajstić information content (AvgIpc) is 3.25. The second-order valence-corrected chi connectivity index (χ2v) is 8.06. The van der Waals surface area contributed by atoms with Crippen LogP contribution in [0.5, 0.6) is 0 Å². The minimum Gasteiger partial charge on any atom is -0.345 e. The first-order chi connectivity index (χ1) is 13.2. The predicted octanol–water partition coefficient (Wildman–Crippen LogP) is 4.26. The molecule has 5 nitrogen and oxygen atoms in total. The van der Waals surface area contributed by atoms with Gasteiger partial charge in [0.1, 0.15) is 5.01 Å². The third kappa shape index (κ3) is 3.16. The Labute approximate surface area is 161 Å². The number of hydrogen-bond donors (Lipinski definition) is 3. The summed E-state index contributed by atoms with van der Waals surface area (Å²) in [5.41, 5.74) is 19.2. The molecule has 2 unspecified atom stereocenters. The molecule has 0 aliphatic heterocycles. The van der Waals surface area contributed by atoms with Crippen LogP contribution in [0.15, 0.2) is 54.2 Å². The van der Waals surface area contributed by atoms with Crippen molar-refractivity contribution in [3.8, 4) is 10.6 Å². The van der Waals surface area contributed by atoms with E-state index in [9.17, 15) is 0 Å². The maximum Gasteiger partial charge on any atom is 0.123 e. The molecule has 2 aromatic heterocycles. The normalized spacial score (nSPS) is 16.5. The van der Waals surface area contributed by atoms with Gasteiger partial charge >= 0.3 is 0 Å². The summed E-state index contributed by atoms with van der Waals surface area (Å²) in [5, 5.41) is 3.26.